The zero-order chi connectivity index (χ0) is 20.7. The van der Waals surface area contributed by atoms with Crippen LogP contribution >= 0.6 is 0 Å². The molecule has 0 unspecified atom stereocenters. The first-order chi connectivity index (χ1) is 12.9. The molecule has 156 valence electrons. The van der Waals surface area contributed by atoms with E-state index < -0.39 is 35.1 Å². The fourth-order valence-corrected chi connectivity index (χ4v) is 7.75. The number of hydrogen-bond donors (Lipinski definition) is 4. The van der Waals surface area contributed by atoms with Crippen molar-refractivity contribution in [3.05, 3.63) is 11.6 Å². The predicted octanol–water partition coefficient (Wildman–Crippen LogP) is 1.14. The van der Waals surface area contributed by atoms with Crippen molar-refractivity contribution in [2.24, 2.45) is 28.6 Å². The molecule has 4 aliphatic carbocycles. The van der Waals surface area contributed by atoms with Crippen molar-refractivity contribution in [1.29, 1.82) is 0 Å². The molecule has 0 aromatic rings. The van der Waals surface area contributed by atoms with Gasteiger partial charge in [0.2, 0.25) is 0 Å². The lowest BCUT2D eigenvalue weighted by Gasteiger charge is -2.60. The first kappa shape index (κ1) is 20.2. The fourth-order valence-electron chi connectivity index (χ4n) is 7.75. The summed E-state index contributed by atoms with van der Waals surface area (Å²) in [6, 6.07) is 0. The van der Waals surface area contributed by atoms with E-state index in [0.717, 1.165) is 18.4 Å². The van der Waals surface area contributed by atoms with Crippen molar-refractivity contribution in [2.75, 3.05) is 6.61 Å². The van der Waals surface area contributed by atoms with E-state index >= 15 is 0 Å². The maximum atomic E-state index is 12.6. The second-order valence-electron chi connectivity index (χ2n) is 10.3. The SMILES string of the molecule is C[C@]12CCC(=O)C=C1CC[C@@H]1[C@@H]2[C@@H](O)C[C@@]2(C)[C@H]1C[C@@](C)(O)[C@]2(O)C(=O)CO. The van der Waals surface area contributed by atoms with Crippen molar-refractivity contribution in [3.8, 4) is 0 Å². The second kappa shape index (κ2) is 5.97. The molecule has 0 aromatic heterocycles. The van der Waals surface area contributed by atoms with Gasteiger partial charge in [-0.25, -0.2) is 0 Å². The number of rotatable bonds is 2. The quantitative estimate of drug-likeness (QED) is 0.560. The summed E-state index contributed by atoms with van der Waals surface area (Å²) in [5.74, 6) is -0.809. The summed E-state index contributed by atoms with van der Waals surface area (Å²) >= 11 is 0. The molecular formula is C22H32O6. The lowest BCUT2D eigenvalue weighted by molar-refractivity contribution is -0.207. The van der Waals surface area contributed by atoms with Gasteiger partial charge < -0.3 is 20.4 Å². The molecule has 4 aliphatic rings. The van der Waals surface area contributed by atoms with E-state index in [2.05, 4.69) is 6.92 Å². The average Bonchev–Trinajstić information content (AvgIpc) is 2.78. The number of Topliss-reactive ketones (excluding diaryl/α,β-unsaturated/α-hetero) is 1. The van der Waals surface area contributed by atoms with E-state index in [1.165, 1.54) is 6.92 Å². The molecule has 0 saturated heterocycles. The Morgan fingerprint density at radius 2 is 1.86 bits per heavy atom. The Bertz CT molecular complexity index is 756. The maximum Gasteiger partial charge on any atom is 0.193 e. The zero-order valence-corrected chi connectivity index (χ0v) is 16.9. The van der Waals surface area contributed by atoms with Crippen LogP contribution < -0.4 is 0 Å². The smallest absolute Gasteiger partial charge is 0.193 e. The van der Waals surface area contributed by atoms with Crippen LogP contribution in [0.25, 0.3) is 0 Å². The molecule has 3 fully saturated rings. The molecule has 0 aliphatic heterocycles. The third-order valence-corrected chi connectivity index (χ3v) is 9.06. The van der Waals surface area contributed by atoms with Gasteiger partial charge in [0, 0.05) is 11.8 Å². The third-order valence-electron chi connectivity index (χ3n) is 9.06. The van der Waals surface area contributed by atoms with Crippen molar-refractivity contribution in [2.45, 2.75) is 76.6 Å². The predicted molar refractivity (Wildman–Crippen MR) is 101 cm³/mol. The van der Waals surface area contributed by atoms with Gasteiger partial charge in [-0.05, 0) is 68.3 Å². The van der Waals surface area contributed by atoms with Crippen LogP contribution in [0.3, 0.4) is 0 Å². The van der Waals surface area contributed by atoms with Gasteiger partial charge in [0.25, 0.3) is 0 Å². The van der Waals surface area contributed by atoms with Crippen molar-refractivity contribution in [3.63, 3.8) is 0 Å². The largest absolute Gasteiger partial charge is 0.393 e. The summed E-state index contributed by atoms with van der Waals surface area (Å²) in [5.41, 5.74) is -3.94. The lowest BCUT2D eigenvalue weighted by Crippen LogP contribution is -2.66. The highest BCUT2D eigenvalue weighted by atomic mass is 16.4. The Balaban J connectivity index is 1.80. The molecule has 3 saturated carbocycles. The van der Waals surface area contributed by atoms with Gasteiger partial charge in [0.05, 0.1) is 11.7 Å². The van der Waals surface area contributed by atoms with Crippen LogP contribution in [0.1, 0.15) is 59.3 Å². The minimum absolute atomic E-state index is 0.0381. The molecule has 6 nitrogen and oxygen atoms in total. The minimum Gasteiger partial charge on any atom is -0.393 e. The normalized spacial score (nSPS) is 53.1. The Kier molecular flexibility index (Phi) is 4.31. The number of carbonyl (C=O) groups is 2. The van der Waals surface area contributed by atoms with E-state index in [-0.39, 0.29) is 41.8 Å². The van der Waals surface area contributed by atoms with Crippen LogP contribution in [0.2, 0.25) is 0 Å². The third kappa shape index (κ3) is 2.23. The molecule has 0 amide bonds. The van der Waals surface area contributed by atoms with Crippen LogP contribution in [0.4, 0.5) is 0 Å². The van der Waals surface area contributed by atoms with Crippen LogP contribution in [0.5, 0.6) is 0 Å². The van der Waals surface area contributed by atoms with Gasteiger partial charge in [0.1, 0.15) is 6.61 Å². The van der Waals surface area contributed by atoms with Gasteiger partial charge in [-0.2, -0.15) is 0 Å². The highest BCUT2D eigenvalue weighted by molar-refractivity contribution is 5.92. The monoisotopic (exact) mass is 392 g/mol. The van der Waals surface area contributed by atoms with E-state index in [1.807, 2.05) is 0 Å². The Morgan fingerprint density at radius 1 is 1.18 bits per heavy atom. The lowest BCUT2D eigenvalue weighted by atomic mass is 9.45. The van der Waals surface area contributed by atoms with Gasteiger partial charge in [-0.3, -0.25) is 9.59 Å². The summed E-state index contributed by atoms with van der Waals surface area (Å²) in [4.78, 5) is 24.6. The topological polar surface area (TPSA) is 115 Å². The van der Waals surface area contributed by atoms with Crippen LogP contribution in [-0.4, -0.2) is 55.9 Å². The van der Waals surface area contributed by atoms with Crippen molar-refractivity contribution in [1.82, 2.24) is 0 Å². The van der Waals surface area contributed by atoms with Crippen LogP contribution in [0.15, 0.2) is 11.6 Å². The van der Waals surface area contributed by atoms with Crippen molar-refractivity contribution >= 4 is 11.6 Å². The Labute approximate surface area is 165 Å². The average molecular weight is 392 g/mol. The minimum atomic E-state index is -2.09. The number of ketones is 2. The van der Waals surface area contributed by atoms with E-state index in [9.17, 15) is 30.0 Å². The number of carbonyl (C=O) groups excluding carboxylic acids is 2. The Morgan fingerprint density at radius 3 is 2.50 bits per heavy atom. The highest BCUT2D eigenvalue weighted by Gasteiger charge is 2.75. The van der Waals surface area contributed by atoms with E-state index in [0.29, 0.717) is 12.8 Å². The van der Waals surface area contributed by atoms with Gasteiger partial charge >= 0.3 is 0 Å². The van der Waals surface area contributed by atoms with Crippen LogP contribution in [0, 0.1) is 28.6 Å². The second-order valence-corrected chi connectivity index (χ2v) is 10.3. The maximum absolute atomic E-state index is 12.6. The standard InChI is InChI=1S/C22H32O6/c1-19-7-6-13(24)8-12(19)4-5-14-15-9-21(3,27)22(28,17(26)11-23)20(15,2)10-16(25)18(14)19/h8,14-16,18,23,25,27-28H,4-7,9-11H2,1-3H3/t14-,15-,16-,18+,19-,20-,21+,22-/m0/s1. The Hall–Kier alpha value is -1.08. The molecule has 4 rings (SSSR count). The van der Waals surface area contributed by atoms with Crippen molar-refractivity contribution < 1.29 is 30.0 Å². The van der Waals surface area contributed by atoms with Gasteiger partial charge in [-0.15, -0.1) is 0 Å². The molecule has 4 N–H and O–H groups in total. The summed E-state index contributed by atoms with van der Waals surface area (Å²) in [7, 11) is 0. The molecule has 0 heterocycles. The number of hydrogen-bond acceptors (Lipinski definition) is 6. The number of aliphatic hydroxyl groups excluding tert-OH is 2. The number of aliphatic hydroxyl groups is 4. The van der Waals surface area contributed by atoms with Crippen LogP contribution in [-0.2, 0) is 9.59 Å². The molecule has 28 heavy (non-hydrogen) atoms. The van der Waals surface area contributed by atoms with Gasteiger partial charge in [0.15, 0.2) is 17.2 Å². The van der Waals surface area contributed by atoms with E-state index in [1.54, 1.807) is 13.0 Å². The van der Waals surface area contributed by atoms with Gasteiger partial charge in [-0.1, -0.05) is 19.4 Å². The first-order valence-electron chi connectivity index (χ1n) is 10.4. The first-order valence-corrected chi connectivity index (χ1v) is 10.4. The summed E-state index contributed by atoms with van der Waals surface area (Å²) in [6.07, 6.45) is 4.16. The number of allylic oxidation sites excluding steroid dienone is 1. The number of fused-ring (bicyclic) bond motifs is 5. The molecule has 0 spiro atoms. The zero-order valence-electron chi connectivity index (χ0n) is 16.9. The van der Waals surface area contributed by atoms with E-state index in [4.69, 9.17) is 0 Å². The summed E-state index contributed by atoms with van der Waals surface area (Å²) < 4.78 is 0. The molecule has 0 bridgehead atoms. The molecule has 6 heteroatoms. The molecule has 0 aromatic carbocycles. The summed E-state index contributed by atoms with van der Waals surface area (Å²) in [5, 5.41) is 43.3. The fraction of sp³-hybridized carbons (Fsp3) is 0.818. The summed E-state index contributed by atoms with van der Waals surface area (Å²) in [6.45, 7) is 4.54. The highest BCUT2D eigenvalue weighted by Crippen LogP contribution is 2.69. The molecule has 0 radical (unpaired) electrons. The molecular weight excluding hydrogens is 360 g/mol. The molecule has 8 atom stereocenters.